The normalized spacial score (nSPS) is 25.1. The van der Waals surface area contributed by atoms with Crippen molar-refractivity contribution in [3.8, 4) is 0 Å². The van der Waals surface area contributed by atoms with E-state index >= 15 is 0 Å². The summed E-state index contributed by atoms with van der Waals surface area (Å²) in [6.45, 7) is 0.827. The number of carbonyl (C=O) groups excluding carboxylic acids is 1. The minimum absolute atomic E-state index is 0.0883. The van der Waals surface area contributed by atoms with E-state index in [0.717, 1.165) is 18.9 Å². The van der Waals surface area contributed by atoms with Gasteiger partial charge in [0.15, 0.2) is 0 Å². The second-order valence-electron chi connectivity index (χ2n) is 5.63. The van der Waals surface area contributed by atoms with E-state index in [1.54, 1.807) is 0 Å². The highest BCUT2D eigenvalue weighted by atomic mass is 16.2. The molecule has 1 aliphatic carbocycles. The fourth-order valence-electron chi connectivity index (χ4n) is 3.35. The molecule has 2 fully saturated rings. The van der Waals surface area contributed by atoms with Gasteiger partial charge in [-0.05, 0) is 36.3 Å². The fourth-order valence-corrected chi connectivity index (χ4v) is 3.35. The van der Waals surface area contributed by atoms with E-state index < -0.39 is 0 Å². The molecule has 2 heteroatoms. The van der Waals surface area contributed by atoms with Gasteiger partial charge in [-0.3, -0.25) is 4.79 Å². The zero-order chi connectivity index (χ0) is 12.4. The van der Waals surface area contributed by atoms with Crippen molar-refractivity contribution in [1.82, 2.24) is 5.32 Å². The summed E-state index contributed by atoms with van der Waals surface area (Å²) in [6.07, 6.45) is 7.76. The molecule has 0 radical (unpaired) electrons. The van der Waals surface area contributed by atoms with Gasteiger partial charge >= 0.3 is 0 Å². The van der Waals surface area contributed by atoms with E-state index in [4.69, 9.17) is 0 Å². The lowest BCUT2D eigenvalue weighted by molar-refractivity contribution is -0.120. The highest BCUT2D eigenvalue weighted by molar-refractivity contribution is 5.85. The van der Waals surface area contributed by atoms with Gasteiger partial charge in [0, 0.05) is 6.54 Å². The minimum Gasteiger partial charge on any atom is -0.356 e. The minimum atomic E-state index is 0.0883. The summed E-state index contributed by atoms with van der Waals surface area (Å²) in [5, 5.41) is 2.91. The lowest BCUT2D eigenvalue weighted by atomic mass is 9.83. The first kappa shape index (κ1) is 11.8. The van der Waals surface area contributed by atoms with E-state index in [1.807, 2.05) is 0 Å². The van der Waals surface area contributed by atoms with E-state index in [-0.39, 0.29) is 11.8 Å². The van der Waals surface area contributed by atoms with Crippen LogP contribution in [0.25, 0.3) is 0 Å². The Kier molecular flexibility index (Phi) is 3.35. The summed E-state index contributed by atoms with van der Waals surface area (Å²) >= 11 is 0. The van der Waals surface area contributed by atoms with Crippen molar-refractivity contribution in [3.05, 3.63) is 35.4 Å². The summed E-state index contributed by atoms with van der Waals surface area (Å²) in [6, 6.07) is 8.83. The number of rotatable bonds is 2. The van der Waals surface area contributed by atoms with Crippen LogP contribution in [-0.2, 0) is 4.79 Å². The molecule has 1 aliphatic heterocycles. The maximum Gasteiger partial charge on any atom is 0.227 e. The zero-order valence-electron chi connectivity index (χ0n) is 10.8. The van der Waals surface area contributed by atoms with Crippen LogP contribution in [0.5, 0.6) is 0 Å². The average Bonchev–Trinajstić information content (AvgIpc) is 2.86. The van der Waals surface area contributed by atoms with Crippen molar-refractivity contribution in [2.45, 2.75) is 50.4 Å². The van der Waals surface area contributed by atoms with E-state index in [1.165, 1.54) is 43.2 Å². The van der Waals surface area contributed by atoms with Gasteiger partial charge in [-0.25, -0.2) is 0 Å². The Hall–Kier alpha value is -1.31. The largest absolute Gasteiger partial charge is 0.356 e. The lowest BCUT2D eigenvalue weighted by Gasteiger charge is -2.22. The van der Waals surface area contributed by atoms with Crippen molar-refractivity contribution in [3.63, 3.8) is 0 Å². The van der Waals surface area contributed by atoms with E-state index in [2.05, 4.69) is 29.6 Å². The summed E-state index contributed by atoms with van der Waals surface area (Å²) in [5.74, 6) is 1.04. The van der Waals surface area contributed by atoms with Crippen LogP contribution in [0, 0.1) is 0 Å². The molecule has 96 valence electrons. The van der Waals surface area contributed by atoms with Crippen molar-refractivity contribution >= 4 is 5.91 Å². The maximum atomic E-state index is 11.7. The Morgan fingerprint density at radius 1 is 0.889 bits per heavy atom. The zero-order valence-corrected chi connectivity index (χ0v) is 10.8. The molecule has 1 unspecified atom stereocenters. The van der Waals surface area contributed by atoms with Crippen LogP contribution in [0.4, 0.5) is 0 Å². The third-order valence-electron chi connectivity index (χ3n) is 4.46. The van der Waals surface area contributed by atoms with Crippen molar-refractivity contribution < 1.29 is 4.79 Å². The van der Waals surface area contributed by atoms with Crippen molar-refractivity contribution in [2.24, 2.45) is 0 Å². The van der Waals surface area contributed by atoms with Crippen LogP contribution in [0.2, 0.25) is 0 Å². The fraction of sp³-hybridized carbons (Fsp3) is 0.562. The van der Waals surface area contributed by atoms with Gasteiger partial charge in [0.25, 0.3) is 0 Å². The van der Waals surface area contributed by atoms with Crippen LogP contribution >= 0.6 is 0 Å². The third kappa shape index (κ3) is 2.29. The highest BCUT2D eigenvalue weighted by Crippen LogP contribution is 2.33. The molecule has 1 aromatic carbocycles. The number of carbonyl (C=O) groups is 1. The van der Waals surface area contributed by atoms with E-state index in [0.29, 0.717) is 0 Å². The molecule has 0 aromatic heterocycles. The molecular weight excluding hydrogens is 222 g/mol. The van der Waals surface area contributed by atoms with Gasteiger partial charge in [-0.15, -0.1) is 0 Å². The number of benzene rings is 1. The van der Waals surface area contributed by atoms with Gasteiger partial charge in [-0.1, -0.05) is 43.5 Å². The molecule has 1 atom stereocenters. The molecular formula is C16H21NO. The first-order valence-electron chi connectivity index (χ1n) is 7.22. The number of hydrogen-bond acceptors (Lipinski definition) is 1. The smallest absolute Gasteiger partial charge is 0.227 e. The Balaban J connectivity index is 1.74. The number of nitrogens with one attached hydrogen (secondary N) is 1. The van der Waals surface area contributed by atoms with Gasteiger partial charge in [0.05, 0.1) is 5.92 Å². The predicted octanol–water partition coefficient (Wildman–Crippen LogP) is 3.34. The van der Waals surface area contributed by atoms with Crippen LogP contribution in [0.1, 0.15) is 61.5 Å². The molecule has 3 rings (SSSR count). The number of amides is 1. The Morgan fingerprint density at radius 2 is 1.56 bits per heavy atom. The molecule has 1 heterocycles. The van der Waals surface area contributed by atoms with Crippen molar-refractivity contribution in [2.75, 3.05) is 6.54 Å². The third-order valence-corrected chi connectivity index (χ3v) is 4.46. The summed E-state index contributed by atoms with van der Waals surface area (Å²) in [5.41, 5.74) is 2.65. The van der Waals surface area contributed by atoms with Gasteiger partial charge in [-0.2, -0.15) is 0 Å². The first-order valence-corrected chi connectivity index (χ1v) is 7.22. The van der Waals surface area contributed by atoms with Crippen LogP contribution in [-0.4, -0.2) is 12.5 Å². The van der Waals surface area contributed by atoms with Gasteiger partial charge < -0.3 is 5.32 Å². The standard InChI is InChI=1S/C16H21NO/c18-16-15(10-11-17-16)14-8-6-13(7-9-14)12-4-2-1-3-5-12/h6-9,12,15H,1-5,10-11H2,(H,17,18). The molecule has 1 saturated carbocycles. The van der Waals surface area contributed by atoms with E-state index in [9.17, 15) is 4.79 Å². The van der Waals surface area contributed by atoms with Crippen LogP contribution in [0.15, 0.2) is 24.3 Å². The van der Waals surface area contributed by atoms with Gasteiger partial charge in [0.2, 0.25) is 5.91 Å². The molecule has 2 nitrogen and oxygen atoms in total. The molecule has 2 aliphatic rings. The Morgan fingerprint density at radius 3 is 2.17 bits per heavy atom. The molecule has 1 saturated heterocycles. The molecule has 0 bridgehead atoms. The summed E-state index contributed by atoms with van der Waals surface area (Å²) in [7, 11) is 0. The Bertz CT molecular complexity index is 417. The molecule has 1 N–H and O–H groups in total. The van der Waals surface area contributed by atoms with Crippen LogP contribution < -0.4 is 5.32 Å². The molecule has 18 heavy (non-hydrogen) atoms. The predicted molar refractivity (Wildman–Crippen MR) is 72.6 cm³/mol. The topological polar surface area (TPSA) is 29.1 Å². The Labute approximate surface area is 109 Å². The molecule has 0 spiro atoms. The first-order chi connectivity index (χ1) is 8.84. The summed E-state index contributed by atoms with van der Waals surface area (Å²) in [4.78, 5) is 11.7. The second-order valence-corrected chi connectivity index (χ2v) is 5.63. The van der Waals surface area contributed by atoms with Gasteiger partial charge in [0.1, 0.15) is 0 Å². The molecule has 1 amide bonds. The van der Waals surface area contributed by atoms with Crippen molar-refractivity contribution in [1.29, 1.82) is 0 Å². The monoisotopic (exact) mass is 243 g/mol. The second kappa shape index (κ2) is 5.13. The maximum absolute atomic E-state index is 11.7. The molecule has 1 aromatic rings. The summed E-state index contributed by atoms with van der Waals surface area (Å²) < 4.78 is 0. The SMILES string of the molecule is O=C1NCCC1c1ccc(C2CCCCC2)cc1. The average molecular weight is 243 g/mol. The quantitative estimate of drug-likeness (QED) is 0.848. The lowest BCUT2D eigenvalue weighted by Crippen LogP contribution is -2.17. The number of hydrogen-bond donors (Lipinski definition) is 1. The highest BCUT2D eigenvalue weighted by Gasteiger charge is 2.25. The van der Waals surface area contributed by atoms with Crippen LogP contribution in [0.3, 0.4) is 0 Å².